The maximum Gasteiger partial charge on any atom is 0.245 e. The Labute approximate surface area is 131 Å². The minimum Gasteiger partial charge on any atom is -0.479 e. The van der Waals surface area contributed by atoms with Gasteiger partial charge < -0.3 is 9.30 Å². The van der Waals surface area contributed by atoms with Gasteiger partial charge in [-0.15, -0.1) is 11.6 Å². The molecule has 0 saturated heterocycles. The number of imidazole rings is 1. The molecule has 0 N–H and O–H groups in total. The van der Waals surface area contributed by atoms with Crippen molar-refractivity contribution in [1.82, 2.24) is 19.5 Å². The van der Waals surface area contributed by atoms with Crippen LogP contribution in [0.25, 0.3) is 11.2 Å². The van der Waals surface area contributed by atoms with Crippen LogP contribution >= 0.6 is 11.6 Å². The topological polar surface area (TPSA) is 69.9 Å². The molecule has 0 aliphatic rings. The lowest BCUT2D eigenvalue weighted by Crippen LogP contribution is -2.13. The van der Waals surface area contributed by atoms with E-state index in [0.29, 0.717) is 22.8 Å². The Morgan fingerprint density at radius 2 is 2.14 bits per heavy atom. The Morgan fingerprint density at radius 1 is 1.43 bits per heavy atom. The number of halogens is 1. The van der Waals surface area contributed by atoms with E-state index in [-0.39, 0.29) is 11.4 Å². The molecule has 116 valence electrons. The van der Waals surface area contributed by atoms with E-state index < -0.39 is 10.8 Å². The Balaban J connectivity index is 2.53. The van der Waals surface area contributed by atoms with Crippen molar-refractivity contribution in [2.75, 3.05) is 19.1 Å². The highest BCUT2D eigenvalue weighted by molar-refractivity contribution is 7.84. The van der Waals surface area contributed by atoms with Crippen molar-refractivity contribution < 1.29 is 8.95 Å². The zero-order chi connectivity index (χ0) is 15.6. The molecule has 6 nitrogen and oxygen atoms in total. The molecule has 0 radical (unpaired) electrons. The first-order chi connectivity index (χ1) is 9.95. The minimum absolute atomic E-state index is 0.0923. The zero-order valence-corrected chi connectivity index (χ0v) is 14.1. The molecule has 0 aromatic carbocycles. The van der Waals surface area contributed by atoms with Crippen LogP contribution in [0.2, 0.25) is 0 Å². The number of methoxy groups -OCH3 is 1. The molecule has 0 bridgehead atoms. The number of hydrogen-bond acceptors (Lipinski definition) is 5. The van der Waals surface area contributed by atoms with Gasteiger partial charge in [-0.1, -0.05) is 0 Å². The summed E-state index contributed by atoms with van der Waals surface area (Å²) in [5, 5.41) is -0.265. The van der Waals surface area contributed by atoms with E-state index in [1.165, 1.54) is 6.33 Å². The molecule has 2 rings (SSSR count). The first-order valence-electron chi connectivity index (χ1n) is 6.66. The maximum absolute atomic E-state index is 11.3. The van der Waals surface area contributed by atoms with Gasteiger partial charge in [0.1, 0.15) is 12.2 Å². The lowest BCUT2D eigenvalue weighted by Gasteiger charge is -2.17. The third-order valence-corrected chi connectivity index (χ3v) is 4.29. The lowest BCUT2D eigenvalue weighted by atomic mass is 10.2. The fourth-order valence-electron chi connectivity index (χ4n) is 2.24. The summed E-state index contributed by atoms with van der Waals surface area (Å²) in [4.78, 5) is 12.9. The summed E-state index contributed by atoms with van der Waals surface area (Å²) in [6.45, 7) is 3.91. The van der Waals surface area contributed by atoms with E-state index in [9.17, 15) is 4.21 Å². The van der Waals surface area contributed by atoms with Gasteiger partial charge in [-0.2, -0.15) is 4.98 Å². The normalized spacial score (nSPS) is 15.9. The first kappa shape index (κ1) is 16.2. The van der Waals surface area contributed by atoms with E-state index in [1.807, 2.05) is 18.4 Å². The first-order valence-corrected chi connectivity index (χ1v) is 8.83. The Bertz CT molecular complexity index is 659. The Hall–Kier alpha value is -1.21. The lowest BCUT2D eigenvalue weighted by molar-refractivity contribution is 0.401. The molecule has 2 aromatic heterocycles. The van der Waals surface area contributed by atoms with Gasteiger partial charge >= 0.3 is 0 Å². The summed E-state index contributed by atoms with van der Waals surface area (Å²) in [5.74, 6) is 1.78. The summed E-state index contributed by atoms with van der Waals surface area (Å²) < 4.78 is 18.5. The van der Waals surface area contributed by atoms with Crippen LogP contribution in [0.3, 0.4) is 0 Å². The van der Waals surface area contributed by atoms with Gasteiger partial charge in [0.2, 0.25) is 5.88 Å². The summed E-state index contributed by atoms with van der Waals surface area (Å²) in [6, 6.07) is 0.0923. The highest BCUT2D eigenvalue weighted by Gasteiger charge is 2.22. The van der Waals surface area contributed by atoms with Crippen LogP contribution in [0.1, 0.15) is 37.5 Å². The molecule has 21 heavy (non-hydrogen) atoms. The molecule has 0 spiro atoms. The van der Waals surface area contributed by atoms with Gasteiger partial charge in [-0.05, 0) is 20.3 Å². The van der Waals surface area contributed by atoms with Crippen molar-refractivity contribution in [3.63, 3.8) is 0 Å². The van der Waals surface area contributed by atoms with Crippen molar-refractivity contribution in [1.29, 1.82) is 0 Å². The van der Waals surface area contributed by atoms with E-state index in [4.69, 9.17) is 16.3 Å². The predicted octanol–water partition coefficient (Wildman–Crippen LogP) is 2.46. The molecule has 0 aliphatic carbocycles. The molecule has 8 heteroatoms. The number of aromatic nitrogens is 4. The summed E-state index contributed by atoms with van der Waals surface area (Å²) >= 11 is 6.25. The molecule has 0 amide bonds. The van der Waals surface area contributed by atoms with Crippen LogP contribution < -0.4 is 4.74 Å². The average Bonchev–Trinajstić information content (AvgIpc) is 2.84. The van der Waals surface area contributed by atoms with Crippen LogP contribution in [-0.4, -0.2) is 42.8 Å². The average molecular weight is 331 g/mol. The van der Waals surface area contributed by atoms with E-state index in [0.717, 1.165) is 12.2 Å². The van der Waals surface area contributed by atoms with Gasteiger partial charge in [-0.25, -0.2) is 9.97 Å². The standard InChI is InChI=1S/C13H19ClN4O2S/c1-8(5-6-21(4)19)18-11(9(2)14)17-10-12(18)15-7-16-13(10)20-3/h7-9H,5-6H2,1-4H3. The fraction of sp³-hybridized carbons (Fsp3) is 0.615. The maximum atomic E-state index is 11.3. The highest BCUT2D eigenvalue weighted by atomic mass is 35.5. The molecule has 3 atom stereocenters. The number of rotatable bonds is 6. The van der Waals surface area contributed by atoms with Crippen LogP contribution in [0.5, 0.6) is 5.88 Å². The number of ether oxygens (including phenoxy) is 1. The molecular weight excluding hydrogens is 312 g/mol. The van der Waals surface area contributed by atoms with Crippen LogP contribution in [0, 0.1) is 0 Å². The van der Waals surface area contributed by atoms with Gasteiger partial charge in [-0.3, -0.25) is 4.21 Å². The minimum atomic E-state index is -0.829. The monoisotopic (exact) mass is 330 g/mol. The number of nitrogens with zero attached hydrogens (tertiary/aromatic N) is 4. The molecule has 2 aromatic rings. The SMILES string of the molecule is COc1ncnc2c1nc(C(C)Cl)n2C(C)CCS(C)=O. The summed E-state index contributed by atoms with van der Waals surface area (Å²) in [7, 11) is 0.721. The number of hydrogen-bond donors (Lipinski definition) is 0. The van der Waals surface area contributed by atoms with E-state index in [2.05, 4.69) is 15.0 Å². The predicted molar refractivity (Wildman–Crippen MR) is 84.4 cm³/mol. The third kappa shape index (κ3) is 3.35. The second kappa shape index (κ2) is 6.70. The number of fused-ring (bicyclic) bond motifs is 1. The molecule has 0 fully saturated rings. The molecule has 3 unspecified atom stereocenters. The van der Waals surface area contributed by atoms with Crippen molar-refractivity contribution in [2.24, 2.45) is 0 Å². The summed E-state index contributed by atoms with van der Waals surface area (Å²) in [5.41, 5.74) is 1.30. The third-order valence-electron chi connectivity index (χ3n) is 3.28. The fourth-order valence-corrected chi connectivity index (χ4v) is 3.06. The van der Waals surface area contributed by atoms with E-state index >= 15 is 0 Å². The van der Waals surface area contributed by atoms with Gasteiger partial charge in [0.15, 0.2) is 11.2 Å². The van der Waals surface area contributed by atoms with Crippen LogP contribution in [0.4, 0.5) is 0 Å². The number of alkyl halides is 1. The zero-order valence-electron chi connectivity index (χ0n) is 12.5. The molecule has 0 saturated carbocycles. The van der Waals surface area contributed by atoms with E-state index in [1.54, 1.807) is 13.4 Å². The largest absolute Gasteiger partial charge is 0.479 e. The highest BCUT2D eigenvalue weighted by Crippen LogP contribution is 2.31. The summed E-state index contributed by atoms with van der Waals surface area (Å²) in [6.07, 6.45) is 3.92. The molecule has 2 heterocycles. The van der Waals surface area contributed by atoms with Gasteiger partial charge in [0.25, 0.3) is 0 Å². The van der Waals surface area contributed by atoms with Crippen molar-refractivity contribution >= 4 is 33.6 Å². The molecular formula is C13H19ClN4O2S. The van der Waals surface area contributed by atoms with Crippen molar-refractivity contribution in [2.45, 2.75) is 31.7 Å². The second-order valence-electron chi connectivity index (χ2n) is 4.93. The van der Waals surface area contributed by atoms with Crippen molar-refractivity contribution in [3.05, 3.63) is 12.2 Å². The van der Waals surface area contributed by atoms with Crippen LogP contribution in [0.15, 0.2) is 6.33 Å². The Kier molecular flexibility index (Phi) is 5.16. The van der Waals surface area contributed by atoms with Gasteiger partial charge in [0, 0.05) is 28.9 Å². The quantitative estimate of drug-likeness (QED) is 0.761. The Morgan fingerprint density at radius 3 is 2.71 bits per heavy atom. The van der Waals surface area contributed by atoms with Crippen molar-refractivity contribution in [3.8, 4) is 5.88 Å². The van der Waals surface area contributed by atoms with Gasteiger partial charge in [0.05, 0.1) is 12.5 Å². The second-order valence-corrected chi connectivity index (χ2v) is 7.14. The molecule has 0 aliphatic heterocycles. The van der Waals surface area contributed by atoms with Crippen LogP contribution in [-0.2, 0) is 10.8 Å². The smallest absolute Gasteiger partial charge is 0.245 e.